The van der Waals surface area contributed by atoms with Gasteiger partial charge in [0.2, 0.25) is 5.91 Å². The standard InChI is InChI=1S/C23H27ClN2O3/c1-2-29-22(28)13-12-21(27)25-14-16-26(17-15-25)23(18-6-4-3-5-7-18)19-8-10-20(24)11-9-19/h3-11,23H,2,12-17H2,1H3. The topological polar surface area (TPSA) is 49.9 Å². The molecule has 0 aliphatic carbocycles. The molecule has 154 valence electrons. The van der Waals surface area contributed by atoms with Crippen molar-refractivity contribution in [3.8, 4) is 0 Å². The highest BCUT2D eigenvalue weighted by molar-refractivity contribution is 6.30. The maximum atomic E-state index is 12.4. The Hall–Kier alpha value is -2.37. The van der Waals surface area contributed by atoms with Crippen LogP contribution in [-0.2, 0) is 14.3 Å². The molecule has 1 heterocycles. The Bertz CT molecular complexity index is 803. The lowest BCUT2D eigenvalue weighted by molar-refractivity contribution is -0.146. The second-order valence-electron chi connectivity index (χ2n) is 7.09. The maximum Gasteiger partial charge on any atom is 0.306 e. The van der Waals surface area contributed by atoms with Gasteiger partial charge in [-0.3, -0.25) is 14.5 Å². The highest BCUT2D eigenvalue weighted by Gasteiger charge is 2.28. The normalized spacial score (nSPS) is 15.7. The molecular formula is C23H27ClN2O3. The molecule has 1 aliphatic heterocycles. The van der Waals surface area contributed by atoms with Gasteiger partial charge >= 0.3 is 5.97 Å². The largest absolute Gasteiger partial charge is 0.466 e. The molecule has 0 bridgehead atoms. The molecule has 1 atom stereocenters. The Morgan fingerprint density at radius 3 is 2.17 bits per heavy atom. The van der Waals surface area contributed by atoms with Gasteiger partial charge in [-0.1, -0.05) is 54.1 Å². The Morgan fingerprint density at radius 2 is 1.55 bits per heavy atom. The molecule has 0 aromatic heterocycles. The number of hydrogen-bond acceptors (Lipinski definition) is 4. The van der Waals surface area contributed by atoms with Gasteiger partial charge in [0.15, 0.2) is 0 Å². The van der Waals surface area contributed by atoms with E-state index in [0.717, 1.165) is 18.1 Å². The molecule has 0 saturated carbocycles. The summed E-state index contributed by atoms with van der Waals surface area (Å²) in [6.07, 6.45) is 0.350. The molecule has 1 aliphatic rings. The van der Waals surface area contributed by atoms with Crippen molar-refractivity contribution < 1.29 is 14.3 Å². The van der Waals surface area contributed by atoms with E-state index in [-0.39, 0.29) is 30.8 Å². The molecule has 0 N–H and O–H groups in total. The molecule has 2 aromatic rings. The molecular weight excluding hydrogens is 388 g/mol. The summed E-state index contributed by atoms with van der Waals surface area (Å²) < 4.78 is 4.91. The van der Waals surface area contributed by atoms with E-state index in [4.69, 9.17) is 16.3 Å². The van der Waals surface area contributed by atoms with Gasteiger partial charge < -0.3 is 9.64 Å². The smallest absolute Gasteiger partial charge is 0.306 e. The summed E-state index contributed by atoms with van der Waals surface area (Å²) in [5.41, 5.74) is 2.40. The minimum absolute atomic E-state index is 0.0143. The van der Waals surface area contributed by atoms with Crippen LogP contribution in [0.5, 0.6) is 0 Å². The quantitative estimate of drug-likeness (QED) is 0.644. The second kappa shape index (κ2) is 10.4. The van der Waals surface area contributed by atoms with E-state index in [1.165, 1.54) is 11.1 Å². The summed E-state index contributed by atoms with van der Waals surface area (Å²) in [6.45, 7) is 4.96. The molecule has 0 spiro atoms. The number of nitrogens with zero attached hydrogens (tertiary/aromatic N) is 2. The van der Waals surface area contributed by atoms with E-state index in [0.29, 0.717) is 19.7 Å². The lowest BCUT2D eigenvalue weighted by Gasteiger charge is -2.39. The number of rotatable bonds is 7. The number of carbonyl (C=O) groups excluding carboxylic acids is 2. The number of carbonyl (C=O) groups is 2. The molecule has 1 amide bonds. The predicted octanol–water partition coefficient (Wildman–Crippen LogP) is 3.92. The van der Waals surface area contributed by atoms with Crippen LogP contribution in [0.4, 0.5) is 0 Å². The molecule has 0 radical (unpaired) electrons. The average Bonchev–Trinajstić information content (AvgIpc) is 2.75. The molecule has 2 aromatic carbocycles. The van der Waals surface area contributed by atoms with Gasteiger partial charge in [0, 0.05) is 37.6 Å². The first-order valence-electron chi connectivity index (χ1n) is 10.1. The fraction of sp³-hybridized carbons (Fsp3) is 0.391. The number of hydrogen-bond donors (Lipinski definition) is 0. The zero-order valence-electron chi connectivity index (χ0n) is 16.7. The van der Waals surface area contributed by atoms with Crippen molar-refractivity contribution in [2.45, 2.75) is 25.8 Å². The van der Waals surface area contributed by atoms with Crippen molar-refractivity contribution in [3.05, 3.63) is 70.7 Å². The summed E-state index contributed by atoms with van der Waals surface area (Å²) in [4.78, 5) is 28.2. The molecule has 6 heteroatoms. The fourth-order valence-corrected chi connectivity index (χ4v) is 3.85. The van der Waals surface area contributed by atoms with Gasteiger partial charge in [-0.15, -0.1) is 0 Å². The Labute approximate surface area is 177 Å². The first-order valence-corrected chi connectivity index (χ1v) is 10.4. The van der Waals surface area contributed by atoms with E-state index in [1.807, 2.05) is 35.2 Å². The number of piperazine rings is 1. The molecule has 29 heavy (non-hydrogen) atoms. The zero-order chi connectivity index (χ0) is 20.6. The van der Waals surface area contributed by atoms with Crippen LogP contribution < -0.4 is 0 Å². The van der Waals surface area contributed by atoms with Crippen molar-refractivity contribution in [1.29, 1.82) is 0 Å². The second-order valence-corrected chi connectivity index (χ2v) is 7.52. The Balaban J connectivity index is 1.65. The fourth-order valence-electron chi connectivity index (χ4n) is 3.72. The highest BCUT2D eigenvalue weighted by atomic mass is 35.5. The average molecular weight is 415 g/mol. The first-order chi connectivity index (χ1) is 14.1. The Kier molecular flexibility index (Phi) is 7.67. The summed E-state index contributed by atoms with van der Waals surface area (Å²) in [6, 6.07) is 18.5. The van der Waals surface area contributed by atoms with Crippen LogP contribution >= 0.6 is 11.6 Å². The van der Waals surface area contributed by atoms with Crippen molar-refractivity contribution in [2.75, 3.05) is 32.8 Å². The summed E-state index contributed by atoms with van der Waals surface area (Å²) >= 11 is 6.08. The van der Waals surface area contributed by atoms with Crippen LogP contribution in [0.25, 0.3) is 0 Å². The first kappa shape index (κ1) is 21.3. The minimum Gasteiger partial charge on any atom is -0.466 e. The third-order valence-electron chi connectivity index (χ3n) is 5.18. The highest BCUT2D eigenvalue weighted by Crippen LogP contribution is 2.30. The summed E-state index contributed by atoms with van der Waals surface area (Å²) in [5, 5.41) is 0.720. The van der Waals surface area contributed by atoms with Crippen LogP contribution in [0.3, 0.4) is 0 Å². The summed E-state index contributed by atoms with van der Waals surface area (Å²) in [5.74, 6) is -0.299. The molecule has 1 fully saturated rings. The number of esters is 1. The third kappa shape index (κ3) is 5.81. The minimum atomic E-state index is -0.314. The predicted molar refractivity (Wildman–Crippen MR) is 114 cm³/mol. The summed E-state index contributed by atoms with van der Waals surface area (Å²) in [7, 11) is 0. The van der Waals surface area contributed by atoms with Crippen LogP contribution in [0.2, 0.25) is 5.02 Å². The molecule has 5 nitrogen and oxygen atoms in total. The maximum absolute atomic E-state index is 12.4. The Morgan fingerprint density at radius 1 is 0.931 bits per heavy atom. The van der Waals surface area contributed by atoms with Crippen LogP contribution in [0.15, 0.2) is 54.6 Å². The van der Waals surface area contributed by atoms with Crippen LogP contribution in [-0.4, -0.2) is 54.5 Å². The number of ether oxygens (including phenoxy) is 1. The van der Waals surface area contributed by atoms with Gasteiger partial charge in [-0.2, -0.15) is 0 Å². The number of halogens is 1. The lowest BCUT2D eigenvalue weighted by atomic mass is 9.96. The van der Waals surface area contributed by atoms with Gasteiger partial charge in [0.25, 0.3) is 0 Å². The SMILES string of the molecule is CCOC(=O)CCC(=O)N1CCN(C(c2ccccc2)c2ccc(Cl)cc2)CC1. The van der Waals surface area contributed by atoms with Gasteiger partial charge in [-0.05, 0) is 30.2 Å². The molecule has 3 rings (SSSR count). The van der Waals surface area contributed by atoms with Gasteiger partial charge in [0.1, 0.15) is 0 Å². The van der Waals surface area contributed by atoms with E-state index >= 15 is 0 Å². The van der Waals surface area contributed by atoms with Crippen molar-refractivity contribution in [1.82, 2.24) is 9.80 Å². The van der Waals surface area contributed by atoms with E-state index in [2.05, 4.69) is 29.2 Å². The van der Waals surface area contributed by atoms with Crippen LogP contribution in [0, 0.1) is 0 Å². The van der Waals surface area contributed by atoms with Crippen molar-refractivity contribution >= 4 is 23.5 Å². The van der Waals surface area contributed by atoms with E-state index in [9.17, 15) is 9.59 Å². The van der Waals surface area contributed by atoms with E-state index in [1.54, 1.807) is 6.92 Å². The van der Waals surface area contributed by atoms with Crippen LogP contribution in [0.1, 0.15) is 36.9 Å². The van der Waals surface area contributed by atoms with E-state index < -0.39 is 0 Å². The molecule has 1 saturated heterocycles. The number of amides is 1. The molecule has 1 unspecified atom stereocenters. The number of benzene rings is 2. The third-order valence-corrected chi connectivity index (χ3v) is 5.43. The zero-order valence-corrected chi connectivity index (χ0v) is 17.5. The van der Waals surface area contributed by atoms with Gasteiger partial charge in [0.05, 0.1) is 19.1 Å². The van der Waals surface area contributed by atoms with Crippen molar-refractivity contribution in [2.24, 2.45) is 0 Å². The lowest BCUT2D eigenvalue weighted by Crippen LogP contribution is -2.49. The monoisotopic (exact) mass is 414 g/mol. The van der Waals surface area contributed by atoms with Crippen molar-refractivity contribution in [3.63, 3.8) is 0 Å². The van der Waals surface area contributed by atoms with Gasteiger partial charge in [-0.25, -0.2) is 0 Å².